The van der Waals surface area contributed by atoms with Gasteiger partial charge in [0.1, 0.15) is 5.75 Å². The molecular weight excluding hydrogens is 358 g/mol. The fourth-order valence-electron chi connectivity index (χ4n) is 4.54. The minimum Gasteiger partial charge on any atom is -0.492 e. The van der Waals surface area contributed by atoms with E-state index in [1.54, 1.807) is 0 Å². The van der Waals surface area contributed by atoms with Crippen LogP contribution in [0.3, 0.4) is 0 Å². The summed E-state index contributed by atoms with van der Waals surface area (Å²) in [6.07, 6.45) is 16.8. The highest BCUT2D eigenvalue weighted by Gasteiger charge is 2.27. The van der Waals surface area contributed by atoms with E-state index in [0.717, 1.165) is 34.9 Å². The molecule has 1 unspecified atom stereocenters. The third-order valence-corrected chi connectivity index (χ3v) is 6.00. The Hall–Kier alpha value is -2.49. The van der Waals surface area contributed by atoms with Gasteiger partial charge in [-0.3, -0.25) is 4.99 Å². The fourth-order valence-corrected chi connectivity index (χ4v) is 4.54. The summed E-state index contributed by atoms with van der Waals surface area (Å²) in [6, 6.07) is 6.14. The van der Waals surface area contributed by atoms with Crippen LogP contribution < -0.4 is 4.74 Å². The van der Waals surface area contributed by atoms with Crippen LogP contribution in [0.15, 0.2) is 46.7 Å². The quantitative estimate of drug-likeness (QED) is 0.449. The van der Waals surface area contributed by atoms with Crippen molar-refractivity contribution >= 4 is 11.8 Å². The van der Waals surface area contributed by atoms with Gasteiger partial charge in [-0.05, 0) is 68.4 Å². The third kappa shape index (κ3) is 4.58. The SMILES string of the molecule is CCCCCCC1CCCC2=N/C(=C\c3[nH]c(-c4ccc[nH]4)cc3OCC)C=C21. The zero-order valence-corrected chi connectivity index (χ0v) is 17.8. The normalized spacial score (nSPS) is 19.9. The van der Waals surface area contributed by atoms with E-state index in [1.165, 1.54) is 56.2 Å². The number of nitrogens with zero attached hydrogens (tertiary/aromatic N) is 1. The van der Waals surface area contributed by atoms with Crippen LogP contribution in [-0.2, 0) is 0 Å². The lowest BCUT2D eigenvalue weighted by molar-refractivity contribution is 0.340. The Morgan fingerprint density at radius 2 is 2.14 bits per heavy atom. The van der Waals surface area contributed by atoms with Crippen molar-refractivity contribution in [3.63, 3.8) is 0 Å². The number of nitrogens with one attached hydrogen (secondary N) is 2. The highest BCUT2D eigenvalue weighted by Crippen LogP contribution is 2.37. The van der Waals surface area contributed by atoms with Crippen LogP contribution >= 0.6 is 0 Å². The summed E-state index contributed by atoms with van der Waals surface area (Å²) in [5.41, 5.74) is 6.95. The molecule has 2 aliphatic rings. The van der Waals surface area contributed by atoms with Crippen LogP contribution in [0.1, 0.15) is 70.9 Å². The molecule has 1 aliphatic carbocycles. The van der Waals surface area contributed by atoms with E-state index in [-0.39, 0.29) is 0 Å². The Morgan fingerprint density at radius 1 is 1.21 bits per heavy atom. The minimum absolute atomic E-state index is 0.646. The van der Waals surface area contributed by atoms with Crippen molar-refractivity contribution < 1.29 is 4.74 Å². The molecule has 1 atom stereocenters. The number of ether oxygens (including phenoxy) is 1. The van der Waals surface area contributed by atoms with Crippen LogP contribution in [0.2, 0.25) is 0 Å². The molecule has 0 bridgehead atoms. The standard InChI is InChI=1S/C25H33N3O/c1-3-5-6-7-10-18-11-8-12-21-20(18)15-19(27-21)16-24-25(29-4-2)17-23(28-24)22-13-9-14-26-22/h9,13-18,26,28H,3-8,10-12H2,1-2H3/b19-16-. The summed E-state index contributed by atoms with van der Waals surface area (Å²) in [4.78, 5) is 11.7. The van der Waals surface area contributed by atoms with E-state index in [2.05, 4.69) is 41.2 Å². The second-order valence-electron chi connectivity index (χ2n) is 8.14. The predicted octanol–water partition coefficient (Wildman–Crippen LogP) is 6.90. The van der Waals surface area contributed by atoms with E-state index in [4.69, 9.17) is 9.73 Å². The Kier molecular flexibility index (Phi) is 6.38. The minimum atomic E-state index is 0.646. The van der Waals surface area contributed by atoms with Gasteiger partial charge in [-0.15, -0.1) is 0 Å². The Balaban J connectivity index is 1.55. The van der Waals surface area contributed by atoms with Gasteiger partial charge in [0.25, 0.3) is 0 Å². The van der Waals surface area contributed by atoms with Crippen molar-refractivity contribution in [1.29, 1.82) is 0 Å². The first kappa shape index (κ1) is 19.8. The number of hydrogen-bond donors (Lipinski definition) is 2. The number of aromatic amines is 2. The first-order chi connectivity index (χ1) is 14.3. The molecule has 2 N–H and O–H groups in total. The number of hydrogen-bond acceptors (Lipinski definition) is 2. The number of H-pyrrole nitrogens is 2. The molecule has 154 valence electrons. The molecule has 4 rings (SSSR count). The Labute approximate surface area is 174 Å². The van der Waals surface area contributed by atoms with Gasteiger partial charge in [0, 0.05) is 18.0 Å². The van der Waals surface area contributed by atoms with E-state index < -0.39 is 0 Å². The molecule has 0 radical (unpaired) electrons. The van der Waals surface area contributed by atoms with Crippen LogP contribution in [0.25, 0.3) is 17.5 Å². The predicted molar refractivity (Wildman–Crippen MR) is 121 cm³/mol. The topological polar surface area (TPSA) is 53.2 Å². The van der Waals surface area contributed by atoms with E-state index >= 15 is 0 Å². The van der Waals surface area contributed by atoms with Crippen LogP contribution in [0, 0.1) is 5.92 Å². The summed E-state index contributed by atoms with van der Waals surface area (Å²) >= 11 is 0. The molecule has 3 heterocycles. The van der Waals surface area contributed by atoms with Gasteiger partial charge in [-0.25, -0.2) is 0 Å². The van der Waals surface area contributed by atoms with E-state index in [1.807, 2.05) is 19.2 Å². The van der Waals surface area contributed by atoms with Crippen molar-refractivity contribution in [3.05, 3.63) is 47.4 Å². The van der Waals surface area contributed by atoms with Crippen molar-refractivity contribution in [2.24, 2.45) is 10.9 Å². The first-order valence-corrected chi connectivity index (χ1v) is 11.3. The summed E-state index contributed by atoms with van der Waals surface area (Å²) < 4.78 is 5.88. The van der Waals surface area contributed by atoms with Gasteiger partial charge in [0.15, 0.2) is 0 Å². The molecule has 0 aromatic carbocycles. The van der Waals surface area contributed by atoms with Crippen molar-refractivity contribution in [2.75, 3.05) is 6.61 Å². The maximum Gasteiger partial charge on any atom is 0.144 e. The molecule has 0 saturated heterocycles. The lowest BCUT2D eigenvalue weighted by Crippen LogP contribution is -2.17. The lowest BCUT2D eigenvalue weighted by atomic mass is 9.80. The van der Waals surface area contributed by atoms with E-state index in [0.29, 0.717) is 12.5 Å². The number of aliphatic imine (C=N–C) groups is 1. The van der Waals surface area contributed by atoms with Crippen molar-refractivity contribution in [3.8, 4) is 17.1 Å². The molecule has 2 aromatic rings. The average Bonchev–Trinajstić information content (AvgIpc) is 3.46. The third-order valence-electron chi connectivity index (χ3n) is 6.00. The lowest BCUT2D eigenvalue weighted by Gasteiger charge is -2.24. The van der Waals surface area contributed by atoms with Gasteiger partial charge in [-0.2, -0.15) is 0 Å². The summed E-state index contributed by atoms with van der Waals surface area (Å²) in [5.74, 6) is 1.57. The van der Waals surface area contributed by atoms with Gasteiger partial charge in [0.2, 0.25) is 0 Å². The highest BCUT2D eigenvalue weighted by atomic mass is 16.5. The van der Waals surface area contributed by atoms with Crippen LogP contribution in [-0.4, -0.2) is 22.3 Å². The average molecular weight is 392 g/mol. The summed E-state index contributed by atoms with van der Waals surface area (Å²) in [5, 5.41) is 0. The first-order valence-electron chi connectivity index (χ1n) is 11.3. The molecule has 1 aliphatic heterocycles. The number of aromatic nitrogens is 2. The van der Waals surface area contributed by atoms with Crippen LogP contribution in [0.4, 0.5) is 0 Å². The molecule has 0 spiro atoms. The zero-order chi connectivity index (χ0) is 20.1. The number of allylic oxidation sites excluding steroid dienone is 2. The highest BCUT2D eigenvalue weighted by molar-refractivity contribution is 6.05. The zero-order valence-electron chi connectivity index (χ0n) is 17.8. The molecule has 4 nitrogen and oxygen atoms in total. The molecule has 4 heteroatoms. The van der Waals surface area contributed by atoms with Crippen LogP contribution in [0.5, 0.6) is 5.75 Å². The molecule has 1 fully saturated rings. The second kappa shape index (κ2) is 9.34. The second-order valence-corrected chi connectivity index (χ2v) is 8.14. The molecule has 0 amide bonds. The van der Waals surface area contributed by atoms with Gasteiger partial charge >= 0.3 is 0 Å². The summed E-state index contributed by atoms with van der Waals surface area (Å²) in [6.45, 7) is 4.95. The van der Waals surface area contributed by atoms with Gasteiger partial charge in [-0.1, -0.05) is 32.6 Å². The van der Waals surface area contributed by atoms with Gasteiger partial charge < -0.3 is 14.7 Å². The number of unbranched alkanes of at least 4 members (excludes halogenated alkanes) is 3. The molecular formula is C25H33N3O. The molecule has 29 heavy (non-hydrogen) atoms. The fraction of sp³-hybridized carbons (Fsp3) is 0.480. The number of fused-ring (bicyclic) bond motifs is 1. The smallest absolute Gasteiger partial charge is 0.144 e. The summed E-state index contributed by atoms with van der Waals surface area (Å²) in [7, 11) is 0. The molecule has 1 saturated carbocycles. The maximum atomic E-state index is 5.88. The van der Waals surface area contributed by atoms with Crippen molar-refractivity contribution in [1.82, 2.24) is 9.97 Å². The maximum absolute atomic E-state index is 5.88. The van der Waals surface area contributed by atoms with E-state index in [9.17, 15) is 0 Å². The monoisotopic (exact) mass is 391 g/mol. The van der Waals surface area contributed by atoms with Gasteiger partial charge in [0.05, 0.1) is 29.4 Å². The Bertz CT molecular complexity index is 899. The molecule has 2 aromatic heterocycles. The largest absolute Gasteiger partial charge is 0.492 e. The number of rotatable bonds is 9. The van der Waals surface area contributed by atoms with Crippen molar-refractivity contribution in [2.45, 2.75) is 65.2 Å². The Morgan fingerprint density at radius 3 is 2.93 bits per heavy atom.